The van der Waals surface area contributed by atoms with E-state index < -0.39 is 24.0 Å². The third-order valence-corrected chi connectivity index (χ3v) is 3.50. The lowest BCUT2D eigenvalue weighted by molar-refractivity contribution is -0.141. The summed E-state index contributed by atoms with van der Waals surface area (Å²) in [5.41, 5.74) is 0.448. The molecule has 0 saturated heterocycles. The van der Waals surface area contributed by atoms with E-state index in [9.17, 15) is 9.59 Å². The van der Waals surface area contributed by atoms with E-state index in [1.807, 2.05) is 0 Å². The number of carbonyl (C=O) groups is 2. The summed E-state index contributed by atoms with van der Waals surface area (Å²) in [5.74, 6) is -1.64. The van der Waals surface area contributed by atoms with Crippen LogP contribution in [0.15, 0.2) is 22.7 Å². The van der Waals surface area contributed by atoms with Gasteiger partial charge in [-0.2, -0.15) is 0 Å². The third kappa shape index (κ3) is 4.72. The molecule has 2 unspecified atom stereocenters. The first-order chi connectivity index (χ1) is 8.81. The second-order valence-electron chi connectivity index (χ2n) is 4.14. The van der Waals surface area contributed by atoms with Crippen molar-refractivity contribution < 1.29 is 14.7 Å². The summed E-state index contributed by atoms with van der Waals surface area (Å²) in [6, 6.07) is 4.06. The maximum absolute atomic E-state index is 11.7. The van der Waals surface area contributed by atoms with Crippen LogP contribution >= 0.6 is 27.5 Å². The summed E-state index contributed by atoms with van der Waals surface area (Å²) in [5, 5.41) is 14.4. The first-order valence-corrected chi connectivity index (χ1v) is 6.73. The topological polar surface area (TPSA) is 78.4 Å². The summed E-state index contributed by atoms with van der Waals surface area (Å²) in [6.45, 7) is 3.15. The van der Waals surface area contributed by atoms with Crippen LogP contribution < -0.4 is 10.6 Å². The molecule has 2 atom stereocenters. The molecular weight excluding hydrogens is 336 g/mol. The fraction of sp³-hybridized carbons (Fsp3) is 0.333. The highest BCUT2D eigenvalue weighted by Crippen LogP contribution is 2.25. The number of hydrogen-bond acceptors (Lipinski definition) is 2. The number of hydrogen-bond donors (Lipinski definition) is 3. The second-order valence-corrected chi connectivity index (χ2v) is 5.46. The van der Waals surface area contributed by atoms with Gasteiger partial charge in [0.25, 0.3) is 0 Å². The molecular formula is C12H14BrClN2O3. The Morgan fingerprint density at radius 2 is 2.00 bits per heavy atom. The van der Waals surface area contributed by atoms with Crippen LogP contribution in [0, 0.1) is 5.92 Å². The molecule has 3 N–H and O–H groups in total. The van der Waals surface area contributed by atoms with Crippen LogP contribution in [-0.4, -0.2) is 23.1 Å². The number of halogens is 2. The Kier molecular flexibility index (Phi) is 5.62. The number of carbonyl (C=O) groups excluding carboxylic acids is 1. The predicted octanol–water partition coefficient (Wildman–Crippen LogP) is 3.33. The van der Waals surface area contributed by atoms with Crippen molar-refractivity contribution in [3.05, 3.63) is 27.7 Å². The smallest absolute Gasteiger partial charge is 0.319 e. The lowest BCUT2D eigenvalue weighted by Gasteiger charge is -2.18. The molecule has 0 aliphatic carbocycles. The Hall–Kier alpha value is -1.27. The number of urea groups is 1. The molecule has 1 aromatic rings. The molecule has 0 aromatic heterocycles. The Morgan fingerprint density at radius 3 is 2.58 bits per heavy atom. The average Bonchev–Trinajstić information content (AvgIpc) is 2.32. The Balaban J connectivity index is 2.65. The average molecular weight is 350 g/mol. The second kappa shape index (κ2) is 6.77. The molecule has 0 heterocycles. The highest BCUT2D eigenvalue weighted by atomic mass is 79.9. The molecule has 0 spiro atoms. The fourth-order valence-corrected chi connectivity index (χ4v) is 1.82. The van der Waals surface area contributed by atoms with Crippen LogP contribution in [0.4, 0.5) is 10.5 Å². The number of aliphatic carboxylic acids is 1. The summed E-state index contributed by atoms with van der Waals surface area (Å²) in [4.78, 5) is 22.5. The largest absolute Gasteiger partial charge is 0.481 e. The van der Waals surface area contributed by atoms with E-state index in [4.69, 9.17) is 16.7 Å². The van der Waals surface area contributed by atoms with E-state index in [2.05, 4.69) is 26.6 Å². The maximum Gasteiger partial charge on any atom is 0.319 e. The van der Waals surface area contributed by atoms with E-state index in [0.29, 0.717) is 10.7 Å². The number of amides is 2. The number of carboxylic acids is 1. The Bertz CT molecular complexity index is 496. The van der Waals surface area contributed by atoms with Crippen molar-refractivity contribution in [3.63, 3.8) is 0 Å². The first-order valence-electron chi connectivity index (χ1n) is 5.56. The summed E-state index contributed by atoms with van der Waals surface area (Å²) < 4.78 is 0.777. The normalized spacial score (nSPS) is 13.5. The zero-order chi connectivity index (χ0) is 14.6. The van der Waals surface area contributed by atoms with Crippen LogP contribution in [0.5, 0.6) is 0 Å². The molecule has 0 bridgehead atoms. The van der Waals surface area contributed by atoms with Crippen molar-refractivity contribution in [2.24, 2.45) is 5.92 Å². The highest BCUT2D eigenvalue weighted by molar-refractivity contribution is 9.10. The molecule has 2 amide bonds. The van der Waals surface area contributed by atoms with Crippen molar-refractivity contribution in [1.82, 2.24) is 5.32 Å². The van der Waals surface area contributed by atoms with Crippen molar-refractivity contribution in [3.8, 4) is 0 Å². The van der Waals surface area contributed by atoms with Crippen LogP contribution in [0.2, 0.25) is 5.02 Å². The van der Waals surface area contributed by atoms with Crippen molar-refractivity contribution in [2.75, 3.05) is 5.32 Å². The monoisotopic (exact) mass is 348 g/mol. The SMILES string of the molecule is CC(NC(=O)Nc1cc(Br)ccc1Cl)C(C)C(=O)O. The number of anilines is 1. The minimum Gasteiger partial charge on any atom is -0.481 e. The van der Waals surface area contributed by atoms with E-state index in [1.165, 1.54) is 6.92 Å². The zero-order valence-electron chi connectivity index (χ0n) is 10.4. The molecule has 0 radical (unpaired) electrons. The summed E-state index contributed by atoms with van der Waals surface area (Å²) in [6.07, 6.45) is 0. The lowest BCUT2D eigenvalue weighted by atomic mass is 10.0. The number of rotatable bonds is 4. The van der Waals surface area contributed by atoms with Gasteiger partial charge >= 0.3 is 12.0 Å². The van der Waals surface area contributed by atoms with E-state index in [-0.39, 0.29) is 0 Å². The van der Waals surface area contributed by atoms with Crippen molar-refractivity contribution in [2.45, 2.75) is 19.9 Å². The van der Waals surface area contributed by atoms with Crippen LogP contribution in [0.3, 0.4) is 0 Å². The van der Waals surface area contributed by atoms with Crippen molar-refractivity contribution >= 4 is 45.2 Å². The van der Waals surface area contributed by atoms with Gasteiger partial charge in [-0.15, -0.1) is 0 Å². The zero-order valence-corrected chi connectivity index (χ0v) is 12.7. The quantitative estimate of drug-likeness (QED) is 0.780. The summed E-state index contributed by atoms with van der Waals surface area (Å²) >= 11 is 9.20. The van der Waals surface area contributed by atoms with Crippen LogP contribution in [0.25, 0.3) is 0 Å². The predicted molar refractivity (Wildman–Crippen MR) is 77.6 cm³/mol. The van der Waals surface area contributed by atoms with Gasteiger partial charge in [0.1, 0.15) is 0 Å². The molecule has 1 rings (SSSR count). The van der Waals surface area contributed by atoms with Gasteiger partial charge in [0.15, 0.2) is 0 Å². The van der Waals surface area contributed by atoms with Gasteiger partial charge in [-0.1, -0.05) is 27.5 Å². The van der Waals surface area contributed by atoms with Crippen molar-refractivity contribution in [1.29, 1.82) is 0 Å². The van der Waals surface area contributed by atoms with Gasteiger partial charge in [0.05, 0.1) is 16.6 Å². The number of nitrogens with one attached hydrogen (secondary N) is 2. The molecule has 104 valence electrons. The van der Waals surface area contributed by atoms with Gasteiger partial charge in [-0.3, -0.25) is 4.79 Å². The molecule has 7 heteroatoms. The first kappa shape index (κ1) is 15.8. The maximum atomic E-state index is 11.7. The van der Waals surface area contributed by atoms with E-state index in [1.54, 1.807) is 25.1 Å². The fourth-order valence-electron chi connectivity index (χ4n) is 1.30. The van der Waals surface area contributed by atoms with E-state index >= 15 is 0 Å². The van der Waals surface area contributed by atoms with Gasteiger partial charge in [-0.25, -0.2) is 4.79 Å². The number of carboxylic acid groups (broad SMARTS) is 1. The van der Waals surface area contributed by atoms with Gasteiger partial charge in [0.2, 0.25) is 0 Å². The molecule has 0 saturated carbocycles. The minimum atomic E-state index is -0.965. The van der Waals surface area contributed by atoms with Gasteiger partial charge in [-0.05, 0) is 32.0 Å². The molecule has 19 heavy (non-hydrogen) atoms. The number of benzene rings is 1. The Labute approximate surface area is 124 Å². The molecule has 0 aliphatic rings. The van der Waals surface area contributed by atoms with Gasteiger partial charge < -0.3 is 15.7 Å². The lowest BCUT2D eigenvalue weighted by Crippen LogP contribution is -2.42. The van der Waals surface area contributed by atoms with Gasteiger partial charge in [0, 0.05) is 10.5 Å². The third-order valence-electron chi connectivity index (χ3n) is 2.67. The minimum absolute atomic E-state index is 0.400. The molecule has 1 aromatic carbocycles. The standard InChI is InChI=1S/C12H14BrClN2O3/c1-6(11(17)18)7(2)15-12(19)16-10-5-8(13)3-4-9(10)14/h3-7H,1-2H3,(H,17,18)(H2,15,16,19). The molecule has 0 aliphatic heterocycles. The summed E-state index contributed by atoms with van der Waals surface area (Å²) in [7, 11) is 0. The molecule has 5 nitrogen and oxygen atoms in total. The van der Waals surface area contributed by atoms with E-state index in [0.717, 1.165) is 4.47 Å². The molecule has 0 fully saturated rings. The van der Waals surface area contributed by atoms with Crippen LogP contribution in [0.1, 0.15) is 13.8 Å². The Morgan fingerprint density at radius 1 is 1.37 bits per heavy atom. The highest BCUT2D eigenvalue weighted by Gasteiger charge is 2.21. The van der Waals surface area contributed by atoms with Crippen LogP contribution in [-0.2, 0) is 4.79 Å².